The van der Waals surface area contributed by atoms with E-state index >= 15 is 0 Å². The van der Waals surface area contributed by atoms with Gasteiger partial charge in [0.2, 0.25) is 0 Å². The van der Waals surface area contributed by atoms with Crippen molar-refractivity contribution in [3.63, 3.8) is 0 Å². The number of nitrogens with two attached hydrogens (primary N) is 1. The van der Waals surface area contributed by atoms with Crippen LogP contribution in [-0.2, 0) is 0 Å². The van der Waals surface area contributed by atoms with Crippen LogP contribution in [0.4, 0.5) is 0 Å². The Hall–Kier alpha value is -0.120. The van der Waals surface area contributed by atoms with E-state index in [0.717, 1.165) is 6.42 Å². The molecule has 0 spiro atoms. The summed E-state index contributed by atoms with van der Waals surface area (Å²) in [5.74, 6) is 0. The van der Waals surface area contributed by atoms with Crippen molar-refractivity contribution in [2.45, 2.75) is 25.7 Å². The van der Waals surface area contributed by atoms with Crippen LogP contribution in [0.2, 0.25) is 0 Å². The fourth-order valence-corrected chi connectivity index (χ4v) is 0.893. The Bertz CT molecular complexity index is 51.6. The van der Waals surface area contributed by atoms with E-state index < -0.39 is 0 Å². The average molecular weight is 160 g/mol. The van der Waals surface area contributed by atoms with Crippen LogP contribution < -0.4 is 11.1 Å². The normalized spacial score (nSPS) is 16.9. The summed E-state index contributed by atoms with van der Waals surface area (Å²) in [6.07, 6.45) is 4.94. The Morgan fingerprint density at radius 2 is 1.82 bits per heavy atom. The van der Waals surface area contributed by atoms with Gasteiger partial charge >= 0.3 is 0 Å². The van der Waals surface area contributed by atoms with E-state index in [1.165, 1.54) is 32.4 Å². The lowest BCUT2D eigenvalue weighted by Crippen LogP contribution is -2.21. The van der Waals surface area contributed by atoms with E-state index in [1.807, 2.05) is 0 Å². The zero-order valence-electron chi connectivity index (χ0n) is 7.18. The predicted molar refractivity (Wildman–Crippen MR) is 47.5 cm³/mol. The van der Waals surface area contributed by atoms with Crippen LogP contribution >= 0.6 is 0 Å². The molecule has 3 heteroatoms. The molecule has 3 nitrogen and oxygen atoms in total. The zero-order chi connectivity index (χ0) is 8.36. The van der Waals surface area contributed by atoms with Crippen LogP contribution in [0.5, 0.6) is 0 Å². The fraction of sp³-hybridized carbons (Fsp3) is 1.00. The van der Waals surface area contributed by atoms with Gasteiger partial charge in [0.05, 0.1) is 0 Å². The minimum atomic E-state index is 0.219. The molecular weight excluding hydrogens is 140 g/mol. The Morgan fingerprint density at radius 1 is 1.18 bits per heavy atom. The zero-order valence-corrected chi connectivity index (χ0v) is 7.18. The summed E-state index contributed by atoms with van der Waals surface area (Å²) in [5.41, 5.74) is 4.98. The average Bonchev–Trinajstić information content (AvgIpc) is 2.10. The lowest BCUT2D eigenvalue weighted by molar-refractivity contribution is 0.291. The quantitative estimate of drug-likeness (QED) is 0.536. The summed E-state index contributed by atoms with van der Waals surface area (Å²) < 4.78 is 0. The molecule has 0 unspecified atom stereocenters. The SMILES string of the molecule is C1CCNCC1.NCCCO. The number of aliphatic hydroxyl groups excluding tert-OH is 1. The first-order valence-corrected chi connectivity index (χ1v) is 4.43. The van der Waals surface area contributed by atoms with E-state index in [9.17, 15) is 0 Å². The molecule has 1 fully saturated rings. The molecule has 0 aliphatic carbocycles. The minimum Gasteiger partial charge on any atom is -0.396 e. The van der Waals surface area contributed by atoms with Gasteiger partial charge in [-0.1, -0.05) is 6.42 Å². The van der Waals surface area contributed by atoms with Crippen molar-refractivity contribution in [1.82, 2.24) is 5.32 Å². The molecule has 0 saturated carbocycles. The van der Waals surface area contributed by atoms with Crippen LogP contribution in [0.25, 0.3) is 0 Å². The van der Waals surface area contributed by atoms with Gasteiger partial charge in [-0.15, -0.1) is 0 Å². The smallest absolute Gasteiger partial charge is 0.0443 e. The number of nitrogens with one attached hydrogen (secondary N) is 1. The maximum atomic E-state index is 7.99. The topological polar surface area (TPSA) is 58.3 Å². The van der Waals surface area contributed by atoms with Gasteiger partial charge in [-0.05, 0) is 38.9 Å². The summed E-state index contributed by atoms with van der Waals surface area (Å²) >= 11 is 0. The molecule has 1 heterocycles. The molecule has 0 amide bonds. The monoisotopic (exact) mass is 160 g/mol. The first-order chi connectivity index (χ1) is 5.41. The Balaban J connectivity index is 0.000000187. The van der Waals surface area contributed by atoms with Gasteiger partial charge in [0, 0.05) is 6.61 Å². The van der Waals surface area contributed by atoms with Crippen LogP contribution in [0.1, 0.15) is 25.7 Å². The first-order valence-electron chi connectivity index (χ1n) is 4.43. The second kappa shape index (κ2) is 9.88. The molecule has 0 radical (unpaired) electrons. The maximum absolute atomic E-state index is 7.99. The van der Waals surface area contributed by atoms with E-state index in [4.69, 9.17) is 10.8 Å². The number of rotatable bonds is 2. The summed E-state index contributed by atoms with van der Waals surface area (Å²) in [4.78, 5) is 0. The second-order valence-electron chi connectivity index (χ2n) is 2.68. The predicted octanol–water partition coefficient (Wildman–Crippen LogP) is 0.0874. The third-order valence-corrected chi connectivity index (χ3v) is 1.57. The van der Waals surface area contributed by atoms with Gasteiger partial charge in [0.15, 0.2) is 0 Å². The summed E-state index contributed by atoms with van der Waals surface area (Å²) in [6, 6.07) is 0. The molecule has 4 N–H and O–H groups in total. The number of hydrogen-bond donors (Lipinski definition) is 3. The fourth-order valence-electron chi connectivity index (χ4n) is 0.893. The van der Waals surface area contributed by atoms with Crippen molar-refractivity contribution < 1.29 is 5.11 Å². The summed E-state index contributed by atoms with van der Waals surface area (Å²) in [6.45, 7) is 3.31. The maximum Gasteiger partial charge on any atom is 0.0443 e. The van der Waals surface area contributed by atoms with Crippen molar-refractivity contribution >= 4 is 0 Å². The van der Waals surface area contributed by atoms with E-state index in [2.05, 4.69) is 5.32 Å². The summed E-state index contributed by atoms with van der Waals surface area (Å²) in [5, 5.41) is 11.3. The molecule has 11 heavy (non-hydrogen) atoms. The lowest BCUT2D eigenvalue weighted by atomic mass is 10.2. The van der Waals surface area contributed by atoms with Crippen molar-refractivity contribution in [3.05, 3.63) is 0 Å². The first kappa shape index (κ1) is 10.9. The van der Waals surface area contributed by atoms with E-state index in [1.54, 1.807) is 0 Å². The molecule has 0 aromatic heterocycles. The molecule has 68 valence electrons. The lowest BCUT2D eigenvalue weighted by Gasteiger charge is -2.08. The molecule has 0 atom stereocenters. The highest BCUT2D eigenvalue weighted by atomic mass is 16.2. The van der Waals surface area contributed by atoms with Crippen LogP contribution in [0.15, 0.2) is 0 Å². The number of piperidine rings is 1. The molecule has 1 aliphatic heterocycles. The van der Waals surface area contributed by atoms with Gasteiger partial charge < -0.3 is 16.2 Å². The highest BCUT2D eigenvalue weighted by Gasteiger charge is 1.93. The Morgan fingerprint density at radius 3 is 1.91 bits per heavy atom. The standard InChI is InChI=1S/C5H11N.C3H9NO/c1-2-4-6-5-3-1;4-2-1-3-5/h6H,1-5H2;5H,1-4H2. The highest BCUT2D eigenvalue weighted by Crippen LogP contribution is 1.96. The molecule has 0 bridgehead atoms. The number of aliphatic hydroxyl groups is 1. The van der Waals surface area contributed by atoms with Gasteiger partial charge in [-0.2, -0.15) is 0 Å². The van der Waals surface area contributed by atoms with Gasteiger partial charge in [-0.3, -0.25) is 0 Å². The molecule has 1 saturated heterocycles. The summed E-state index contributed by atoms with van der Waals surface area (Å²) in [7, 11) is 0. The van der Waals surface area contributed by atoms with Crippen molar-refractivity contribution in [2.24, 2.45) is 5.73 Å². The van der Waals surface area contributed by atoms with Crippen LogP contribution in [-0.4, -0.2) is 31.3 Å². The molecular formula is C8H20N2O. The highest BCUT2D eigenvalue weighted by molar-refractivity contribution is 4.55. The van der Waals surface area contributed by atoms with Gasteiger partial charge in [0.1, 0.15) is 0 Å². The third kappa shape index (κ3) is 9.88. The number of hydrogen-bond acceptors (Lipinski definition) is 3. The largest absolute Gasteiger partial charge is 0.396 e. The second-order valence-corrected chi connectivity index (χ2v) is 2.68. The van der Waals surface area contributed by atoms with Crippen molar-refractivity contribution in [2.75, 3.05) is 26.2 Å². The van der Waals surface area contributed by atoms with Gasteiger partial charge in [0.25, 0.3) is 0 Å². The van der Waals surface area contributed by atoms with Crippen molar-refractivity contribution in [3.8, 4) is 0 Å². The van der Waals surface area contributed by atoms with Crippen LogP contribution in [0.3, 0.4) is 0 Å². The molecule has 0 aromatic rings. The molecule has 1 rings (SSSR count). The van der Waals surface area contributed by atoms with E-state index in [-0.39, 0.29) is 6.61 Å². The van der Waals surface area contributed by atoms with Crippen molar-refractivity contribution in [1.29, 1.82) is 0 Å². The minimum absolute atomic E-state index is 0.219. The molecule has 1 aliphatic rings. The van der Waals surface area contributed by atoms with E-state index in [0.29, 0.717) is 6.54 Å². The van der Waals surface area contributed by atoms with Crippen LogP contribution in [0, 0.1) is 0 Å². The third-order valence-electron chi connectivity index (χ3n) is 1.57. The van der Waals surface area contributed by atoms with Gasteiger partial charge in [-0.25, -0.2) is 0 Å². The Labute approximate surface area is 69.0 Å². The Kier molecular flexibility index (Phi) is 9.77. The molecule has 0 aromatic carbocycles.